The summed E-state index contributed by atoms with van der Waals surface area (Å²) in [5, 5.41) is 0. The Kier molecular flexibility index (Phi) is 5.35. The number of hydrogen-bond donors (Lipinski definition) is 1. The molecule has 0 aliphatic rings. The maximum atomic E-state index is 12.6. The average molecular weight is 416 g/mol. The molecule has 2 rings (SSSR count). The number of methoxy groups -OCH3 is 2. The molecule has 2 aromatic carbocycles. The summed E-state index contributed by atoms with van der Waals surface area (Å²) >= 11 is 3.19. The van der Waals surface area contributed by atoms with Gasteiger partial charge in [-0.3, -0.25) is 4.79 Å². The van der Waals surface area contributed by atoms with E-state index in [-0.39, 0.29) is 22.0 Å². The van der Waals surface area contributed by atoms with Crippen LogP contribution >= 0.6 is 15.9 Å². The number of primary amides is 1. The van der Waals surface area contributed by atoms with Crippen LogP contribution in [-0.4, -0.2) is 28.5 Å². The molecule has 0 aliphatic carbocycles. The number of rotatable bonds is 6. The van der Waals surface area contributed by atoms with Crippen molar-refractivity contribution in [1.29, 1.82) is 0 Å². The van der Waals surface area contributed by atoms with Gasteiger partial charge in [-0.05, 0) is 30.3 Å². The van der Waals surface area contributed by atoms with Gasteiger partial charge in [0, 0.05) is 10.5 Å². The molecule has 128 valence electrons. The van der Waals surface area contributed by atoms with Crippen LogP contribution < -0.4 is 19.4 Å². The summed E-state index contributed by atoms with van der Waals surface area (Å²) < 4.78 is 40.9. The van der Waals surface area contributed by atoms with Crippen LogP contribution in [0.25, 0.3) is 0 Å². The molecule has 2 aromatic rings. The van der Waals surface area contributed by atoms with Crippen LogP contribution in [0.15, 0.2) is 45.8 Å². The Labute approximate surface area is 147 Å². The number of carbonyl (C=O) groups is 1. The average Bonchev–Trinajstić information content (AvgIpc) is 2.54. The molecule has 7 nitrogen and oxygen atoms in total. The molecule has 1 amide bonds. The molecule has 0 fully saturated rings. The minimum absolute atomic E-state index is 0.0895. The third kappa shape index (κ3) is 3.80. The molecular formula is C15H14BrNO6S. The van der Waals surface area contributed by atoms with Crippen molar-refractivity contribution in [3.8, 4) is 17.2 Å². The Morgan fingerprint density at radius 1 is 1.04 bits per heavy atom. The highest BCUT2D eigenvalue weighted by Crippen LogP contribution is 2.32. The lowest BCUT2D eigenvalue weighted by molar-refractivity contribution is 0.0999. The number of halogens is 1. The lowest BCUT2D eigenvalue weighted by atomic mass is 10.2. The van der Waals surface area contributed by atoms with Crippen molar-refractivity contribution in [2.45, 2.75) is 4.90 Å². The summed E-state index contributed by atoms with van der Waals surface area (Å²) in [6.45, 7) is 0. The zero-order chi connectivity index (χ0) is 17.9. The Hall–Kier alpha value is -2.26. The molecule has 24 heavy (non-hydrogen) atoms. The van der Waals surface area contributed by atoms with Gasteiger partial charge in [-0.15, -0.1) is 0 Å². The van der Waals surface area contributed by atoms with E-state index in [1.54, 1.807) is 6.07 Å². The van der Waals surface area contributed by atoms with Crippen molar-refractivity contribution in [2.75, 3.05) is 14.2 Å². The summed E-state index contributed by atoms with van der Waals surface area (Å²) in [5.74, 6) is -0.652. The molecule has 0 radical (unpaired) electrons. The van der Waals surface area contributed by atoms with E-state index in [9.17, 15) is 13.2 Å². The molecule has 0 bridgehead atoms. The first kappa shape index (κ1) is 18.1. The van der Waals surface area contributed by atoms with Gasteiger partial charge in [0.15, 0.2) is 5.75 Å². The molecule has 0 aliphatic heterocycles. The van der Waals surface area contributed by atoms with E-state index in [1.807, 2.05) is 0 Å². The van der Waals surface area contributed by atoms with Crippen molar-refractivity contribution in [3.05, 3.63) is 46.4 Å². The number of nitrogens with two attached hydrogens (primary N) is 1. The lowest BCUT2D eigenvalue weighted by Crippen LogP contribution is -2.17. The molecular weight excluding hydrogens is 402 g/mol. The molecule has 0 saturated heterocycles. The van der Waals surface area contributed by atoms with E-state index in [4.69, 9.17) is 19.4 Å². The molecule has 0 unspecified atom stereocenters. The quantitative estimate of drug-likeness (QED) is 0.725. The van der Waals surface area contributed by atoms with E-state index in [1.165, 1.54) is 44.6 Å². The second kappa shape index (κ2) is 7.10. The fourth-order valence-electron chi connectivity index (χ4n) is 1.91. The summed E-state index contributed by atoms with van der Waals surface area (Å²) in [5.41, 5.74) is 5.17. The Morgan fingerprint density at radius 3 is 2.33 bits per heavy atom. The van der Waals surface area contributed by atoms with Gasteiger partial charge < -0.3 is 19.4 Å². The smallest absolute Gasteiger partial charge is 0.343 e. The Morgan fingerprint density at radius 2 is 1.75 bits per heavy atom. The van der Waals surface area contributed by atoms with Crippen LogP contribution in [0.3, 0.4) is 0 Å². The maximum Gasteiger partial charge on any atom is 0.343 e. The number of benzene rings is 2. The van der Waals surface area contributed by atoms with E-state index in [0.29, 0.717) is 10.2 Å². The predicted molar refractivity (Wildman–Crippen MR) is 90.0 cm³/mol. The SMILES string of the molecule is COc1ccc(C(N)=O)c(OS(=O)(=O)c2cc(Br)ccc2OC)c1. The second-order valence-electron chi connectivity index (χ2n) is 4.56. The Balaban J connectivity index is 2.54. The first-order chi connectivity index (χ1) is 11.3. The summed E-state index contributed by atoms with van der Waals surface area (Å²) in [6, 6.07) is 8.49. The molecule has 0 atom stereocenters. The van der Waals surface area contributed by atoms with E-state index < -0.39 is 16.0 Å². The highest BCUT2D eigenvalue weighted by molar-refractivity contribution is 9.10. The molecule has 2 N–H and O–H groups in total. The standard InChI is InChI=1S/C15H14BrNO6S/c1-21-10-4-5-11(15(17)18)13(8-10)23-24(19,20)14-7-9(16)3-6-12(14)22-2/h3-8H,1-2H3,(H2,17,18). The molecule has 0 heterocycles. The fraction of sp³-hybridized carbons (Fsp3) is 0.133. The van der Waals surface area contributed by atoms with Crippen LogP contribution in [0.5, 0.6) is 17.2 Å². The van der Waals surface area contributed by atoms with E-state index in [0.717, 1.165) is 0 Å². The maximum absolute atomic E-state index is 12.6. The summed E-state index contributed by atoms with van der Waals surface area (Å²) in [4.78, 5) is 11.3. The lowest BCUT2D eigenvalue weighted by Gasteiger charge is -2.13. The zero-order valence-corrected chi connectivity index (χ0v) is 15.2. The first-order valence-electron chi connectivity index (χ1n) is 6.54. The number of amides is 1. The molecule has 0 saturated carbocycles. The molecule has 0 spiro atoms. The molecule has 0 aromatic heterocycles. The van der Waals surface area contributed by atoms with E-state index >= 15 is 0 Å². The first-order valence-corrected chi connectivity index (χ1v) is 8.74. The summed E-state index contributed by atoms with van der Waals surface area (Å²) in [7, 11) is -1.54. The van der Waals surface area contributed by atoms with Crippen LogP contribution in [0.1, 0.15) is 10.4 Å². The largest absolute Gasteiger partial charge is 0.497 e. The van der Waals surface area contributed by atoms with Crippen molar-refractivity contribution in [3.63, 3.8) is 0 Å². The monoisotopic (exact) mass is 415 g/mol. The van der Waals surface area contributed by atoms with Crippen LogP contribution in [0.4, 0.5) is 0 Å². The van der Waals surface area contributed by atoms with Gasteiger partial charge in [-0.1, -0.05) is 15.9 Å². The summed E-state index contributed by atoms with van der Waals surface area (Å²) in [6.07, 6.45) is 0. The van der Waals surface area contributed by atoms with Gasteiger partial charge in [0.1, 0.15) is 16.4 Å². The van der Waals surface area contributed by atoms with Gasteiger partial charge >= 0.3 is 10.1 Å². The fourth-order valence-corrected chi connectivity index (χ4v) is 3.56. The highest BCUT2D eigenvalue weighted by Gasteiger charge is 2.25. The van der Waals surface area contributed by atoms with Gasteiger partial charge in [-0.25, -0.2) is 0 Å². The third-order valence-electron chi connectivity index (χ3n) is 3.05. The van der Waals surface area contributed by atoms with Gasteiger partial charge in [0.2, 0.25) is 0 Å². The van der Waals surface area contributed by atoms with Crippen LogP contribution in [0, 0.1) is 0 Å². The zero-order valence-electron chi connectivity index (χ0n) is 12.8. The Bertz CT molecular complexity index is 882. The van der Waals surface area contributed by atoms with Crippen molar-refractivity contribution in [2.24, 2.45) is 5.73 Å². The highest BCUT2D eigenvalue weighted by atomic mass is 79.9. The van der Waals surface area contributed by atoms with Gasteiger partial charge in [0.05, 0.1) is 19.8 Å². The number of hydrogen-bond acceptors (Lipinski definition) is 6. The minimum atomic E-state index is -4.28. The van der Waals surface area contributed by atoms with Crippen LogP contribution in [0.2, 0.25) is 0 Å². The third-order valence-corrected chi connectivity index (χ3v) is 4.80. The van der Waals surface area contributed by atoms with Crippen molar-refractivity contribution in [1.82, 2.24) is 0 Å². The number of ether oxygens (including phenoxy) is 2. The van der Waals surface area contributed by atoms with E-state index in [2.05, 4.69) is 15.9 Å². The van der Waals surface area contributed by atoms with Gasteiger partial charge in [0.25, 0.3) is 5.91 Å². The predicted octanol–water partition coefficient (Wildman–Crippen LogP) is 2.33. The second-order valence-corrected chi connectivity index (χ2v) is 6.99. The van der Waals surface area contributed by atoms with Crippen LogP contribution in [-0.2, 0) is 10.1 Å². The van der Waals surface area contributed by atoms with Crippen molar-refractivity contribution >= 4 is 32.0 Å². The number of carbonyl (C=O) groups excluding carboxylic acids is 1. The topological polar surface area (TPSA) is 105 Å². The van der Waals surface area contributed by atoms with Crippen molar-refractivity contribution < 1.29 is 26.9 Å². The van der Waals surface area contributed by atoms with Gasteiger partial charge in [-0.2, -0.15) is 8.42 Å². The molecule has 9 heteroatoms. The minimum Gasteiger partial charge on any atom is -0.497 e. The normalized spacial score (nSPS) is 11.0.